The standard InChI is InChI=1S/C25H22Cl2N4O5/c26-15-10-12-16(13-11-15)30-21-23(28-22(30)18-8-4-5-9-19(18)27)31(36-17-6-2-1-3-7-17)25(35)29(24(21)34)14-20(32)33/h4-5,8-13,17H,1-3,6-7,14H2,(H,32,33). The second-order valence-corrected chi connectivity index (χ2v) is 9.47. The van der Waals surface area contributed by atoms with Gasteiger partial charge >= 0.3 is 11.7 Å². The van der Waals surface area contributed by atoms with Crippen molar-refractivity contribution >= 4 is 40.3 Å². The number of imidazole rings is 1. The van der Waals surface area contributed by atoms with E-state index in [9.17, 15) is 19.5 Å². The molecular weight excluding hydrogens is 507 g/mol. The van der Waals surface area contributed by atoms with Crippen LogP contribution < -0.4 is 16.1 Å². The Morgan fingerprint density at radius 3 is 2.39 bits per heavy atom. The van der Waals surface area contributed by atoms with Crippen LogP contribution in [-0.2, 0) is 11.3 Å². The topological polar surface area (TPSA) is 108 Å². The number of halogens is 2. The first kappa shape index (κ1) is 24.1. The molecule has 4 aromatic rings. The second kappa shape index (κ2) is 9.83. The summed E-state index contributed by atoms with van der Waals surface area (Å²) < 4.78 is 3.16. The quantitative estimate of drug-likeness (QED) is 0.402. The molecule has 186 valence electrons. The zero-order valence-corrected chi connectivity index (χ0v) is 20.6. The second-order valence-electron chi connectivity index (χ2n) is 8.63. The zero-order chi connectivity index (χ0) is 25.4. The molecule has 36 heavy (non-hydrogen) atoms. The van der Waals surface area contributed by atoms with E-state index in [0.29, 0.717) is 31.7 Å². The van der Waals surface area contributed by atoms with E-state index in [1.54, 1.807) is 53.1 Å². The zero-order valence-electron chi connectivity index (χ0n) is 19.1. The van der Waals surface area contributed by atoms with Crippen LogP contribution in [0.5, 0.6) is 0 Å². The molecule has 1 fully saturated rings. The minimum Gasteiger partial charge on any atom is -0.480 e. The Morgan fingerprint density at radius 1 is 1.03 bits per heavy atom. The van der Waals surface area contributed by atoms with Gasteiger partial charge in [0.1, 0.15) is 18.5 Å². The molecule has 2 aromatic carbocycles. The number of carbonyl (C=O) groups is 1. The third-order valence-corrected chi connectivity index (χ3v) is 6.78. The molecule has 1 aliphatic rings. The van der Waals surface area contributed by atoms with Gasteiger partial charge in [0.25, 0.3) is 5.56 Å². The summed E-state index contributed by atoms with van der Waals surface area (Å²) in [5.74, 6) is -1.04. The van der Waals surface area contributed by atoms with E-state index in [1.807, 2.05) is 0 Å². The fourth-order valence-corrected chi connectivity index (χ4v) is 4.86. The van der Waals surface area contributed by atoms with Crippen molar-refractivity contribution in [2.75, 3.05) is 0 Å². The Labute approximate surface area is 215 Å². The molecule has 0 bridgehead atoms. The number of fused-ring (bicyclic) bond motifs is 1. The average Bonchev–Trinajstić information content (AvgIpc) is 3.26. The molecule has 1 aliphatic carbocycles. The number of benzene rings is 2. The normalized spacial score (nSPS) is 14.3. The van der Waals surface area contributed by atoms with Crippen LogP contribution in [-0.4, -0.2) is 36.0 Å². The number of hydrogen-bond acceptors (Lipinski definition) is 5. The molecule has 5 rings (SSSR count). The van der Waals surface area contributed by atoms with Crippen molar-refractivity contribution in [3.8, 4) is 17.1 Å². The highest BCUT2D eigenvalue weighted by atomic mass is 35.5. The third-order valence-electron chi connectivity index (χ3n) is 6.20. The van der Waals surface area contributed by atoms with Gasteiger partial charge in [-0.2, -0.15) is 0 Å². The number of carboxylic acid groups (broad SMARTS) is 1. The number of rotatable bonds is 6. The van der Waals surface area contributed by atoms with Gasteiger partial charge in [0.2, 0.25) is 5.65 Å². The predicted octanol–water partition coefficient (Wildman–Crippen LogP) is 4.17. The van der Waals surface area contributed by atoms with Crippen molar-refractivity contribution in [3.63, 3.8) is 0 Å². The minimum absolute atomic E-state index is 0.0103. The van der Waals surface area contributed by atoms with Crippen molar-refractivity contribution < 1.29 is 14.7 Å². The Kier molecular flexibility index (Phi) is 6.59. The number of carboxylic acids is 1. The van der Waals surface area contributed by atoms with Crippen LogP contribution in [0.15, 0.2) is 58.1 Å². The van der Waals surface area contributed by atoms with Gasteiger partial charge in [-0.3, -0.25) is 14.2 Å². The Morgan fingerprint density at radius 2 is 1.72 bits per heavy atom. The molecule has 0 amide bonds. The SMILES string of the molecule is O=C(O)Cn1c(=O)c2c(nc(-c3ccccc3Cl)n2-c2ccc(Cl)cc2)n(OC2CCCCC2)c1=O. The van der Waals surface area contributed by atoms with Gasteiger partial charge in [-0.05, 0) is 62.1 Å². The van der Waals surface area contributed by atoms with E-state index < -0.39 is 23.8 Å². The van der Waals surface area contributed by atoms with Crippen LogP contribution in [0.25, 0.3) is 28.2 Å². The molecule has 0 spiro atoms. The fourth-order valence-electron chi connectivity index (χ4n) is 4.51. The van der Waals surface area contributed by atoms with Crippen molar-refractivity contribution in [2.24, 2.45) is 0 Å². The van der Waals surface area contributed by atoms with Gasteiger partial charge in [0.05, 0.1) is 5.02 Å². The first-order valence-corrected chi connectivity index (χ1v) is 12.3. The van der Waals surface area contributed by atoms with Crippen molar-refractivity contribution in [1.29, 1.82) is 0 Å². The lowest BCUT2D eigenvalue weighted by atomic mass is 9.98. The Hall–Kier alpha value is -3.56. The highest BCUT2D eigenvalue weighted by molar-refractivity contribution is 6.33. The van der Waals surface area contributed by atoms with E-state index >= 15 is 0 Å². The molecule has 0 atom stereocenters. The average molecular weight is 529 g/mol. The lowest BCUT2D eigenvalue weighted by Gasteiger charge is -2.23. The summed E-state index contributed by atoms with van der Waals surface area (Å²) in [4.78, 5) is 49.3. The summed E-state index contributed by atoms with van der Waals surface area (Å²) in [5.41, 5.74) is -0.676. The predicted molar refractivity (Wildman–Crippen MR) is 136 cm³/mol. The van der Waals surface area contributed by atoms with Crippen LogP contribution in [0.3, 0.4) is 0 Å². The summed E-state index contributed by atoms with van der Waals surface area (Å²) in [5, 5.41) is 10.3. The number of aromatic nitrogens is 4. The molecular formula is C25H22Cl2N4O5. The summed E-state index contributed by atoms with van der Waals surface area (Å²) in [6.45, 7) is -0.825. The number of aliphatic carboxylic acids is 1. The molecule has 0 unspecified atom stereocenters. The van der Waals surface area contributed by atoms with Gasteiger partial charge < -0.3 is 9.94 Å². The smallest absolute Gasteiger partial charge is 0.366 e. The van der Waals surface area contributed by atoms with E-state index in [-0.39, 0.29) is 17.3 Å². The molecule has 11 heteroatoms. The largest absolute Gasteiger partial charge is 0.480 e. The molecule has 2 heterocycles. The maximum Gasteiger partial charge on any atom is 0.366 e. The Bertz CT molecular complexity index is 1570. The maximum atomic E-state index is 13.6. The summed E-state index contributed by atoms with van der Waals surface area (Å²) in [6, 6.07) is 13.7. The molecule has 1 N–H and O–H groups in total. The minimum atomic E-state index is -1.33. The van der Waals surface area contributed by atoms with Crippen LogP contribution in [0.4, 0.5) is 0 Å². The Balaban J connectivity index is 1.88. The highest BCUT2D eigenvalue weighted by Gasteiger charge is 2.27. The summed E-state index contributed by atoms with van der Waals surface area (Å²) in [7, 11) is 0. The van der Waals surface area contributed by atoms with Crippen LogP contribution in [0, 0.1) is 0 Å². The maximum absolute atomic E-state index is 13.6. The molecule has 0 saturated heterocycles. The molecule has 9 nitrogen and oxygen atoms in total. The van der Waals surface area contributed by atoms with Crippen molar-refractivity contribution in [3.05, 3.63) is 79.4 Å². The number of hydrogen-bond donors (Lipinski definition) is 1. The molecule has 2 aromatic heterocycles. The van der Waals surface area contributed by atoms with Crippen LogP contribution in [0.2, 0.25) is 10.0 Å². The van der Waals surface area contributed by atoms with E-state index in [4.69, 9.17) is 28.0 Å². The summed E-state index contributed by atoms with van der Waals surface area (Å²) in [6.07, 6.45) is 4.18. The first-order chi connectivity index (χ1) is 17.3. The van der Waals surface area contributed by atoms with Gasteiger partial charge in [-0.1, -0.05) is 41.8 Å². The summed E-state index contributed by atoms with van der Waals surface area (Å²) >= 11 is 12.6. The van der Waals surface area contributed by atoms with Crippen molar-refractivity contribution in [2.45, 2.75) is 44.8 Å². The van der Waals surface area contributed by atoms with Gasteiger partial charge in [0.15, 0.2) is 5.52 Å². The molecule has 1 saturated carbocycles. The number of nitrogens with zero attached hydrogens (tertiary/aromatic N) is 4. The first-order valence-electron chi connectivity index (χ1n) is 11.5. The van der Waals surface area contributed by atoms with E-state index in [1.165, 1.54) is 0 Å². The van der Waals surface area contributed by atoms with Gasteiger partial charge in [0, 0.05) is 16.3 Å². The van der Waals surface area contributed by atoms with Crippen LogP contribution in [0.1, 0.15) is 32.1 Å². The van der Waals surface area contributed by atoms with Crippen LogP contribution >= 0.6 is 23.2 Å². The molecule has 0 radical (unpaired) electrons. The van der Waals surface area contributed by atoms with Gasteiger partial charge in [-0.25, -0.2) is 14.3 Å². The lowest BCUT2D eigenvalue weighted by molar-refractivity contribution is -0.137. The molecule has 0 aliphatic heterocycles. The van der Waals surface area contributed by atoms with Crippen molar-refractivity contribution in [1.82, 2.24) is 18.8 Å². The van der Waals surface area contributed by atoms with E-state index in [2.05, 4.69) is 4.98 Å². The van der Waals surface area contributed by atoms with Gasteiger partial charge in [-0.15, -0.1) is 4.73 Å². The fraction of sp³-hybridized carbons (Fsp3) is 0.280. The highest BCUT2D eigenvalue weighted by Crippen LogP contribution is 2.32. The monoisotopic (exact) mass is 528 g/mol. The third kappa shape index (κ3) is 4.40. The van der Waals surface area contributed by atoms with E-state index in [0.717, 1.165) is 36.8 Å². The lowest BCUT2D eigenvalue weighted by Crippen LogP contribution is -2.46.